The third kappa shape index (κ3) is 6.72. The maximum Gasteiger partial charge on any atom is 0.239 e. The molecule has 0 N–H and O–H groups in total. The summed E-state index contributed by atoms with van der Waals surface area (Å²) in [6.07, 6.45) is 0. The molecule has 13 aromatic rings. The molecule has 3 aromatic heterocycles. The molecular formula is C70H53N7. The fourth-order valence-electron chi connectivity index (χ4n) is 13.0. The van der Waals surface area contributed by atoms with Crippen molar-refractivity contribution in [2.24, 2.45) is 0 Å². The Morgan fingerprint density at radius 2 is 0.662 bits per heavy atom. The summed E-state index contributed by atoms with van der Waals surface area (Å²) in [5, 5.41) is 4.61. The second-order valence-electron chi connectivity index (χ2n) is 21.7. The summed E-state index contributed by atoms with van der Waals surface area (Å²) in [5.41, 5.74) is 20.3. The van der Waals surface area contributed by atoms with Gasteiger partial charge in [-0.15, -0.1) is 0 Å². The Balaban J connectivity index is 0.969. The van der Waals surface area contributed by atoms with Crippen LogP contribution in [0.3, 0.4) is 0 Å². The Kier molecular flexibility index (Phi) is 9.73. The molecule has 0 spiro atoms. The molecule has 0 bridgehead atoms. The van der Waals surface area contributed by atoms with Crippen LogP contribution in [0.25, 0.3) is 77.2 Å². The smallest absolute Gasteiger partial charge is 0.239 e. The second kappa shape index (κ2) is 16.7. The lowest BCUT2D eigenvalue weighted by molar-refractivity contribution is 0.660. The van der Waals surface area contributed by atoms with Crippen molar-refractivity contribution in [2.45, 2.75) is 45.4 Å². The number of aromatic nitrogens is 5. The zero-order valence-electron chi connectivity index (χ0n) is 43.6. The third-order valence-electron chi connectivity index (χ3n) is 16.6. The van der Waals surface area contributed by atoms with Crippen molar-refractivity contribution >= 4 is 78.3 Å². The molecule has 0 saturated heterocycles. The average Bonchev–Trinajstić information content (AvgIpc) is 4.26. The predicted octanol–water partition coefficient (Wildman–Crippen LogP) is 17.9. The Bertz CT molecular complexity index is 4260. The Hall–Kier alpha value is -9.59. The van der Waals surface area contributed by atoms with Gasteiger partial charge in [0.25, 0.3) is 0 Å². The number of para-hydroxylation sites is 4. The van der Waals surface area contributed by atoms with E-state index in [1.54, 1.807) is 0 Å². The quantitative estimate of drug-likeness (QED) is 0.152. The lowest BCUT2D eigenvalue weighted by Crippen LogP contribution is -2.21. The van der Waals surface area contributed by atoms with Crippen LogP contribution >= 0.6 is 0 Å². The van der Waals surface area contributed by atoms with Crippen LogP contribution in [0.15, 0.2) is 231 Å². The molecule has 0 amide bonds. The van der Waals surface area contributed by atoms with Crippen molar-refractivity contribution < 1.29 is 0 Å². The number of benzene rings is 10. The molecule has 2 aliphatic rings. The van der Waals surface area contributed by atoms with E-state index in [1.165, 1.54) is 55.3 Å². The molecule has 3 heterocycles. The van der Waals surface area contributed by atoms with Crippen molar-refractivity contribution in [3.63, 3.8) is 0 Å². The van der Waals surface area contributed by atoms with Gasteiger partial charge in [-0.3, -0.25) is 9.80 Å². The van der Waals surface area contributed by atoms with Gasteiger partial charge in [0.15, 0.2) is 0 Å². The van der Waals surface area contributed by atoms with Crippen molar-refractivity contribution in [3.05, 3.63) is 259 Å². The number of anilines is 6. The van der Waals surface area contributed by atoms with Crippen molar-refractivity contribution in [1.29, 1.82) is 0 Å². The van der Waals surface area contributed by atoms with Gasteiger partial charge < -0.3 is 9.13 Å². The first kappa shape index (κ1) is 44.9. The largest absolute Gasteiger partial charge is 0.309 e. The summed E-state index contributed by atoms with van der Waals surface area (Å²) in [6, 6.07) is 83.7. The normalized spacial score (nSPS) is 13.7. The van der Waals surface area contributed by atoms with Gasteiger partial charge in [0, 0.05) is 66.5 Å². The molecule has 0 atom stereocenters. The van der Waals surface area contributed by atoms with Gasteiger partial charge in [0.05, 0.1) is 22.1 Å². The highest BCUT2D eigenvalue weighted by Gasteiger charge is 2.38. The van der Waals surface area contributed by atoms with E-state index in [1.807, 2.05) is 6.92 Å². The number of rotatable bonds is 8. The zero-order valence-corrected chi connectivity index (χ0v) is 43.6. The topological polar surface area (TPSA) is 55.0 Å². The van der Waals surface area contributed by atoms with Crippen LogP contribution in [0.5, 0.6) is 0 Å². The van der Waals surface area contributed by atoms with Gasteiger partial charge in [-0.25, -0.2) is 0 Å². The zero-order chi connectivity index (χ0) is 51.7. The van der Waals surface area contributed by atoms with Crippen molar-refractivity contribution in [2.75, 3.05) is 9.80 Å². The summed E-state index contributed by atoms with van der Waals surface area (Å²) < 4.78 is 4.73. The molecule has 368 valence electrons. The summed E-state index contributed by atoms with van der Waals surface area (Å²) in [6.45, 7) is 11.3. The predicted molar refractivity (Wildman–Crippen MR) is 318 cm³/mol. The van der Waals surface area contributed by atoms with E-state index in [9.17, 15) is 0 Å². The molecule has 0 aliphatic heterocycles. The first-order chi connectivity index (χ1) is 37.6. The van der Waals surface area contributed by atoms with Crippen LogP contribution in [0.4, 0.5) is 34.6 Å². The minimum absolute atomic E-state index is 0.235. The lowest BCUT2D eigenvalue weighted by atomic mass is 9.82. The Morgan fingerprint density at radius 1 is 0.312 bits per heavy atom. The summed E-state index contributed by atoms with van der Waals surface area (Å²) in [4.78, 5) is 20.8. The molecular weight excluding hydrogens is 939 g/mol. The fourth-order valence-corrected chi connectivity index (χ4v) is 13.0. The summed E-state index contributed by atoms with van der Waals surface area (Å²) in [7, 11) is 0. The molecule has 7 heteroatoms. The molecule has 0 saturated carbocycles. The lowest BCUT2D eigenvalue weighted by Gasteiger charge is -2.29. The van der Waals surface area contributed by atoms with Crippen LogP contribution < -0.4 is 9.80 Å². The maximum atomic E-state index is 5.69. The Labute approximate surface area is 447 Å². The van der Waals surface area contributed by atoms with Crippen LogP contribution in [-0.4, -0.2) is 24.1 Å². The number of hydrogen-bond donors (Lipinski definition) is 0. The summed E-state index contributed by atoms with van der Waals surface area (Å²) in [5.74, 6) is 1.64. The first-order valence-electron chi connectivity index (χ1n) is 26.6. The Morgan fingerprint density at radius 3 is 1.12 bits per heavy atom. The van der Waals surface area contributed by atoms with Crippen molar-refractivity contribution in [3.8, 4) is 33.6 Å². The van der Waals surface area contributed by atoms with E-state index in [-0.39, 0.29) is 10.8 Å². The van der Waals surface area contributed by atoms with E-state index in [0.29, 0.717) is 17.7 Å². The molecule has 7 nitrogen and oxygen atoms in total. The highest BCUT2D eigenvalue weighted by Crippen LogP contribution is 2.53. The second-order valence-corrected chi connectivity index (χ2v) is 21.7. The van der Waals surface area contributed by atoms with E-state index in [2.05, 4.69) is 277 Å². The molecule has 15 rings (SSSR count). The molecule has 77 heavy (non-hydrogen) atoms. The number of nitrogens with zero attached hydrogens (tertiary/aromatic N) is 7. The van der Waals surface area contributed by atoms with Crippen LogP contribution in [0, 0.1) is 6.92 Å². The third-order valence-corrected chi connectivity index (χ3v) is 16.6. The first-order valence-corrected chi connectivity index (χ1v) is 26.6. The van der Waals surface area contributed by atoms with Gasteiger partial charge in [-0.05, 0) is 148 Å². The monoisotopic (exact) mass is 991 g/mol. The van der Waals surface area contributed by atoms with Crippen LogP contribution in [0.2, 0.25) is 0 Å². The van der Waals surface area contributed by atoms with Gasteiger partial charge in [0.1, 0.15) is 5.82 Å². The van der Waals surface area contributed by atoms with Gasteiger partial charge in [-0.2, -0.15) is 15.0 Å². The maximum absolute atomic E-state index is 5.69. The summed E-state index contributed by atoms with van der Waals surface area (Å²) >= 11 is 0. The van der Waals surface area contributed by atoms with Crippen LogP contribution in [0.1, 0.15) is 55.8 Å². The molecule has 0 fully saturated rings. The number of fused-ring (bicyclic) bond motifs is 12. The molecule has 0 radical (unpaired) electrons. The number of aryl methyl sites for hydroxylation is 1. The SMILES string of the molecule is Cc1nc(N(c2ccc3c(c2)C(C)(C)c2ccccc2-3)c2ccc3c(c2)c2ccccc2n3-c2ccccc2)nc(N(c2ccc3c(c2)C(C)(C)c2ccccc2-3)c2ccc3c(c2)c2ccccc2n3-c2ccccc2)n1. The van der Waals surface area contributed by atoms with E-state index >= 15 is 0 Å². The van der Waals surface area contributed by atoms with Gasteiger partial charge in [-0.1, -0.05) is 161 Å². The van der Waals surface area contributed by atoms with E-state index < -0.39 is 0 Å². The highest BCUT2D eigenvalue weighted by molar-refractivity contribution is 6.12. The minimum atomic E-state index is -0.235. The van der Waals surface area contributed by atoms with E-state index in [4.69, 9.17) is 15.0 Å². The van der Waals surface area contributed by atoms with Crippen molar-refractivity contribution in [1.82, 2.24) is 24.1 Å². The fraction of sp³-hybridized carbons (Fsp3) is 0.100. The molecule has 10 aromatic carbocycles. The van der Waals surface area contributed by atoms with Gasteiger partial charge in [0.2, 0.25) is 11.9 Å². The van der Waals surface area contributed by atoms with Gasteiger partial charge >= 0.3 is 0 Å². The van der Waals surface area contributed by atoms with E-state index in [0.717, 1.165) is 67.0 Å². The number of hydrogen-bond acceptors (Lipinski definition) is 5. The molecule has 0 unspecified atom stereocenters. The highest BCUT2D eigenvalue weighted by atomic mass is 15.3. The molecule has 2 aliphatic carbocycles. The average molecular weight is 992 g/mol. The van der Waals surface area contributed by atoms with Crippen LogP contribution in [-0.2, 0) is 10.8 Å². The minimum Gasteiger partial charge on any atom is -0.309 e. The standard InChI is InChI=1S/C70H53N7/c1-44-71-67(74(49-32-36-53-51-24-12-16-28-59(51)69(2,3)61(53)42-49)47-34-38-65-57(40-47)55-26-14-18-30-63(55)76(65)45-20-8-6-9-21-45)73-68(72-44)75(50-33-37-54-52-25-13-17-29-60(52)70(4,5)62(54)43-50)48-35-39-66-58(41-48)56-27-15-19-31-64(56)77(66)46-22-10-7-11-23-46/h6-43H,1-5H3.